The zero-order valence-electron chi connectivity index (χ0n) is 18.5. The van der Waals surface area contributed by atoms with Gasteiger partial charge in [-0.1, -0.05) is 30.3 Å². The average Bonchev–Trinajstić information content (AvgIpc) is 2.76. The number of hydrogen-bond donors (Lipinski definition) is 5. The Bertz CT molecular complexity index is 1200. The van der Waals surface area contributed by atoms with Gasteiger partial charge in [0.15, 0.2) is 0 Å². The Morgan fingerprint density at radius 3 is 1.90 bits per heavy atom. The number of anilines is 4. The number of fused-ring (bicyclic) bond motifs is 1. The maximum absolute atomic E-state index is 5.92. The average molecular weight is 431 g/mol. The molecule has 0 atom stereocenters. The minimum Gasteiger partial charge on any atom is -0.399 e. The van der Waals surface area contributed by atoms with Gasteiger partial charge in [0.2, 0.25) is 0 Å². The molecule has 4 rings (SSSR count). The molecule has 0 aliphatic heterocycles. The molecule has 31 heavy (non-hydrogen) atoms. The molecule has 0 aliphatic carbocycles. The first kappa shape index (κ1) is 22.4. The number of nitrogen functional groups attached to an aromatic ring is 3. The molecule has 0 aliphatic rings. The van der Waals surface area contributed by atoms with Crippen LogP contribution in [0.25, 0.3) is 21.9 Å². The Labute approximate surface area is 189 Å². The number of nitrogens with one attached hydrogen (secondary N) is 1. The first-order valence-corrected chi connectivity index (χ1v) is 10.6. The largest absolute Gasteiger partial charge is 0.399 e. The molecule has 4 aromatic rings. The Hall–Kier alpha value is -3.31. The van der Waals surface area contributed by atoms with Gasteiger partial charge < -0.3 is 22.5 Å². The van der Waals surface area contributed by atoms with Crippen LogP contribution in [0.5, 0.6) is 0 Å². The number of hydrogen-bond acceptors (Lipinski definition) is 5. The summed E-state index contributed by atoms with van der Waals surface area (Å²) in [6, 6.07) is 20.5. The molecule has 0 fully saturated rings. The molecule has 0 heterocycles. The lowest BCUT2D eigenvalue weighted by atomic mass is 9.99. The Morgan fingerprint density at radius 1 is 0.645 bits per heavy atom. The minimum absolute atomic E-state index is 0.570. The molecule has 0 saturated heterocycles. The van der Waals surface area contributed by atoms with Crippen molar-refractivity contribution in [3.05, 3.63) is 77.4 Å². The lowest BCUT2D eigenvalue weighted by Crippen LogP contribution is -1.97. The van der Waals surface area contributed by atoms with E-state index in [0.29, 0.717) is 11.4 Å². The first-order chi connectivity index (χ1) is 14.7. The molecular formula is C26H30N4S. The van der Waals surface area contributed by atoms with Crippen LogP contribution >= 0.6 is 12.6 Å². The van der Waals surface area contributed by atoms with Gasteiger partial charge in [0.25, 0.3) is 0 Å². The van der Waals surface area contributed by atoms with Crippen LogP contribution in [0.15, 0.2) is 65.6 Å². The van der Waals surface area contributed by atoms with E-state index in [-0.39, 0.29) is 0 Å². The zero-order chi connectivity index (χ0) is 22.7. The van der Waals surface area contributed by atoms with Crippen LogP contribution in [0.2, 0.25) is 0 Å². The van der Waals surface area contributed by atoms with E-state index in [0.717, 1.165) is 32.6 Å². The van der Waals surface area contributed by atoms with Crippen molar-refractivity contribution in [2.75, 3.05) is 29.6 Å². The quantitative estimate of drug-likeness (QED) is 0.194. The molecular weight excluding hydrogens is 400 g/mol. The third kappa shape index (κ3) is 4.89. The number of nitrogens with two attached hydrogens (primary N) is 3. The topological polar surface area (TPSA) is 90.1 Å². The van der Waals surface area contributed by atoms with E-state index in [1.807, 2.05) is 38.2 Å². The third-order valence-electron chi connectivity index (χ3n) is 5.59. The smallest absolute Gasteiger partial charge is 0.0629 e. The van der Waals surface area contributed by atoms with E-state index in [1.165, 1.54) is 22.3 Å². The highest BCUT2D eigenvalue weighted by atomic mass is 32.1. The van der Waals surface area contributed by atoms with Crippen molar-refractivity contribution in [3.63, 3.8) is 0 Å². The van der Waals surface area contributed by atoms with Gasteiger partial charge >= 0.3 is 0 Å². The van der Waals surface area contributed by atoms with Crippen molar-refractivity contribution in [1.29, 1.82) is 0 Å². The lowest BCUT2D eigenvalue weighted by molar-refractivity contribution is 1.34. The minimum atomic E-state index is 0.570. The van der Waals surface area contributed by atoms with E-state index >= 15 is 0 Å². The molecule has 0 spiro atoms. The standard InChI is InChI=1S/C15H17N.C11H13N3S/c1-10-4-5-13(8-11(10)2)14-6-7-15(16)12(3)9-14;1-14-6-2-3-7-8(4-6)11(13)9(12)5-10(7)15/h4-9H,16H2,1-3H3;2-5,14-15H,12-13H2,1H3. The predicted molar refractivity (Wildman–Crippen MR) is 140 cm³/mol. The zero-order valence-corrected chi connectivity index (χ0v) is 19.3. The van der Waals surface area contributed by atoms with Crippen molar-refractivity contribution in [2.45, 2.75) is 25.7 Å². The number of rotatable bonds is 2. The van der Waals surface area contributed by atoms with Gasteiger partial charge in [-0.15, -0.1) is 12.6 Å². The van der Waals surface area contributed by atoms with Gasteiger partial charge in [0.1, 0.15) is 0 Å². The fraction of sp³-hybridized carbons (Fsp3) is 0.154. The highest BCUT2D eigenvalue weighted by molar-refractivity contribution is 7.80. The third-order valence-corrected chi connectivity index (χ3v) is 5.96. The molecule has 0 amide bonds. The van der Waals surface area contributed by atoms with Gasteiger partial charge in [-0.05, 0) is 84.3 Å². The molecule has 0 radical (unpaired) electrons. The van der Waals surface area contributed by atoms with E-state index in [1.54, 1.807) is 6.07 Å². The molecule has 4 nitrogen and oxygen atoms in total. The summed E-state index contributed by atoms with van der Waals surface area (Å²) in [7, 11) is 1.87. The fourth-order valence-electron chi connectivity index (χ4n) is 3.38. The number of benzene rings is 4. The van der Waals surface area contributed by atoms with Gasteiger partial charge in [-0.3, -0.25) is 0 Å². The first-order valence-electron chi connectivity index (χ1n) is 10.1. The van der Waals surface area contributed by atoms with E-state index < -0.39 is 0 Å². The molecule has 0 aromatic heterocycles. The van der Waals surface area contributed by atoms with Crippen molar-refractivity contribution in [2.24, 2.45) is 0 Å². The summed E-state index contributed by atoms with van der Waals surface area (Å²) in [6.07, 6.45) is 0. The summed E-state index contributed by atoms with van der Waals surface area (Å²) in [4.78, 5) is 0.847. The van der Waals surface area contributed by atoms with Crippen LogP contribution in [0.1, 0.15) is 16.7 Å². The number of aryl methyl sites for hydroxylation is 3. The normalized spacial score (nSPS) is 10.5. The summed E-state index contributed by atoms with van der Waals surface area (Å²) in [5, 5.41) is 5.02. The molecule has 5 heteroatoms. The Kier molecular flexibility index (Phi) is 6.66. The van der Waals surface area contributed by atoms with Crippen molar-refractivity contribution in [3.8, 4) is 11.1 Å². The van der Waals surface area contributed by atoms with Crippen LogP contribution in [0, 0.1) is 20.8 Å². The summed E-state index contributed by atoms with van der Waals surface area (Å²) in [6.45, 7) is 6.32. The number of thiol groups is 1. The van der Waals surface area contributed by atoms with Crippen molar-refractivity contribution < 1.29 is 0 Å². The second-order valence-corrected chi connectivity index (χ2v) is 8.26. The highest BCUT2D eigenvalue weighted by Crippen LogP contribution is 2.33. The van der Waals surface area contributed by atoms with Gasteiger partial charge in [0, 0.05) is 28.7 Å². The second-order valence-electron chi connectivity index (χ2n) is 7.78. The maximum Gasteiger partial charge on any atom is 0.0629 e. The van der Waals surface area contributed by atoms with Crippen LogP contribution in [-0.2, 0) is 0 Å². The SMILES string of the molecule is CNc1ccc2c(S)cc(N)c(N)c2c1.Cc1ccc(-c2ccc(N)c(C)c2)cc1C. The monoisotopic (exact) mass is 430 g/mol. The van der Waals surface area contributed by atoms with E-state index in [9.17, 15) is 0 Å². The van der Waals surface area contributed by atoms with E-state index in [4.69, 9.17) is 17.2 Å². The van der Waals surface area contributed by atoms with Gasteiger partial charge in [0.05, 0.1) is 11.4 Å². The predicted octanol–water partition coefficient (Wildman–Crippen LogP) is 6.20. The molecule has 0 bridgehead atoms. The van der Waals surface area contributed by atoms with Gasteiger partial charge in [-0.25, -0.2) is 0 Å². The summed E-state index contributed by atoms with van der Waals surface area (Å²) in [5.41, 5.74) is 26.8. The maximum atomic E-state index is 5.92. The molecule has 0 saturated carbocycles. The fourth-order valence-corrected chi connectivity index (χ4v) is 3.71. The summed E-state index contributed by atoms with van der Waals surface area (Å²) >= 11 is 4.37. The summed E-state index contributed by atoms with van der Waals surface area (Å²) < 4.78 is 0. The van der Waals surface area contributed by atoms with Crippen molar-refractivity contribution in [1.82, 2.24) is 0 Å². The lowest BCUT2D eigenvalue weighted by Gasteiger charge is -2.10. The molecule has 7 N–H and O–H groups in total. The van der Waals surface area contributed by atoms with Crippen LogP contribution in [-0.4, -0.2) is 7.05 Å². The Morgan fingerprint density at radius 2 is 1.29 bits per heavy atom. The summed E-state index contributed by atoms with van der Waals surface area (Å²) in [5.74, 6) is 0. The van der Waals surface area contributed by atoms with Crippen LogP contribution in [0.4, 0.5) is 22.7 Å². The highest BCUT2D eigenvalue weighted by Gasteiger charge is 2.06. The second kappa shape index (κ2) is 9.23. The molecule has 0 unspecified atom stereocenters. The van der Waals surface area contributed by atoms with Crippen molar-refractivity contribution >= 4 is 46.2 Å². The Balaban J connectivity index is 0.000000176. The molecule has 160 valence electrons. The van der Waals surface area contributed by atoms with Crippen LogP contribution in [0.3, 0.4) is 0 Å². The molecule has 4 aromatic carbocycles. The van der Waals surface area contributed by atoms with Gasteiger partial charge in [-0.2, -0.15) is 0 Å². The van der Waals surface area contributed by atoms with E-state index in [2.05, 4.69) is 62.1 Å². The van der Waals surface area contributed by atoms with Crippen LogP contribution < -0.4 is 22.5 Å².